The van der Waals surface area contributed by atoms with Gasteiger partial charge in [-0.1, -0.05) is 6.07 Å². The largest absolute Gasteiger partial charge is 0.478 e. The Labute approximate surface area is 114 Å². The first kappa shape index (κ1) is 13.0. The number of hydrogen-bond donors (Lipinski definition) is 2. The van der Waals surface area contributed by atoms with Gasteiger partial charge in [0.05, 0.1) is 10.4 Å². The summed E-state index contributed by atoms with van der Waals surface area (Å²) in [6.45, 7) is 0. The minimum absolute atomic E-state index is 0.0651. The first-order valence-electron chi connectivity index (χ1n) is 5.51. The van der Waals surface area contributed by atoms with Gasteiger partial charge in [0.2, 0.25) is 0 Å². The molecule has 0 aliphatic rings. The van der Waals surface area contributed by atoms with Crippen molar-refractivity contribution >= 4 is 28.8 Å². The second-order valence-electron chi connectivity index (χ2n) is 3.70. The SMILES string of the molecule is O=C(O)c1ccc(N/C=C/C(=O)c2cccs2)cc1. The second kappa shape index (κ2) is 5.97. The zero-order valence-corrected chi connectivity index (χ0v) is 10.7. The summed E-state index contributed by atoms with van der Waals surface area (Å²) in [4.78, 5) is 23.0. The van der Waals surface area contributed by atoms with E-state index in [2.05, 4.69) is 5.32 Å². The molecule has 1 aromatic heterocycles. The molecular weight excluding hydrogens is 262 g/mol. The van der Waals surface area contributed by atoms with Gasteiger partial charge in [-0.3, -0.25) is 4.79 Å². The number of hydrogen-bond acceptors (Lipinski definition) is 4. The van der Waals surface area contributed by atoms with Gasteiger partial charge in [-0.15, -0.1) is 11.3 Å². The number of ketones is 1. The van der Waals surface area contributed by atoms with Crippen molar-refractivity contribution in [1.29, 1.82) is 0 Å². The molecule has 0 saturated heterocycles. The van der Waals surface area contributed by atoms with Gasteiger partial charge in [0.25, 0.3) is 0 Å². The lowest BCUT2D eigenvalue weighted by Gasteiger charge is -2.00. The van der Waals surface area contributed by atoms with E-state index in [1.807, 2.05) is 11.4 Å². The average Bonchev–Trinajstić information content (AvgIpc) is 2.93. The van der Waals surface area contributed by atoms with Gasteiger partial charge >= 0.3 is 5.97 Å². The molecule has 0 radical (unpaired) electrons. The number of carbonyl (C=O) groups excluding carboxylic acids is 1. The molecule has 2 rings (SSSR count). The van der Waals surface area contributed by atoms with E-state index in [4.69, 9.17) is 5.11 Å². The van der Waals surface area contributed by atoms with Crippen LogP contribution in [-0.2, 0) is 0 Å². The summed E-state index contributed by atoms with van der Waals surface area (Å²) in [5, 5.41) is 13.5. The smallest absolute Gasteiger partial charge is 0.335 e. The number of rotatable bonds is 5. The van der Waals surface area contributed by atoms with Crippen molar-refractivity contribution in [3.05, 3.63) is 64.5 Å². The predicted octanol–water partition coefficient (Wildman–Crippen LogP) is 3.25. The van der Waals surface area contributed by atoms with E-state index < -0.39 is 5.97 Å². The van der Waals surface area contributed by atoms with E-state index in [9.17, 15) is 9.59 Å². The van der Waals surface area contributed by atoms with Gasteiger partial charge in [-0.2, -0.15) is 0 Å². The number of carboxylic acid groups (broad SMARTS) is 1. The van der Waals surface area contributed by atoms with E-state index in [-0.39, 0.29) is 11.3 Å². The Hall–Kier alpha value is -2.40. The minimum atomic E-state index is -0.963. The first-order valence-corrected chi connectivity index (χ1v) is 6.39. The van der Waals surface area contributed by atoms with E-state index >= 15 is 0 Å². The first-order chi connectivity index (χ1) is 9.16. The van der Waals surface area contributed by atoms with E-state index in [1.165, 1.54) is 35.7 Å². The Balaban J connectivity index is 1.95. The van der Waals surface area contributed by atoms with Crippen molar-refractivity contribution in [3.8, 4) is 0 Å². The van der Waals surface area contributed by atoms with Gasteiger partial charge in [0.1, 0.15) is 0 Å². The number of anilines is 1. The molecule has 96 valence electrons. The molecule has 0 bridgehead atoms. The molecular formula is C14H11NO3S. The molecule has 4 nitrogen and oxygen atoms in total. The standard InChI is InChI=1S/C14H11NO3S/c16-12(13-2-1-9-19-13)7-8-15-11-5-3-10(4-6-11)14(17)18/h1-9,15H,(H,17,18)/b8-7+. The maximum Gasteiger partial charge on any atom is 0.335 e. The molecule has 0 saturated carbocycles. The Morgan fingerprint density at radius 1 is 1.16 bits per heavy atom. The van der Waals surface area contributed by atoms with Crippen LogP contribution in [0.25, 0.3) is 0 Å². The molecule has 0 amide bonds. The average molecular weight is 273 g/mol. The van der Waals surface area contributed by atoms with Gasteiger partial charge in [-0.25, -0.2) is 4.79 Å². The fourth-order valence-electron chi connectivity index (χ4n) is 1.42. The summed E-state index contributed by atoms with van der Waals surface area (Å²) in [7, 11) is 0. The second-order valence-corrected chi connectivity index (χ2v) is 4.65. The van der Waals surface area contributed by atoms with E-state index in [0.29, 0.717) is 4.88 Å². The lowest BCUT2D eigenvalue weighted by molar-refractivity contribution is 0.0696. The summed E-state index contributed by atoms with van der Waals surface area (Å²) in [5.74, 6) is -1.03. The normalized spacial score (nSPS) is 10.5. The summed E-state index contributed by atoms with van der Waals surface area (Å²) in [6, 6.07) is 9.87. The topological polar surface area (TPSA) is 66.4 Å². The molecule has 0 fully saturated rings. The van der Waals surface area contributed by atoms with Crippen molar-refractivity contribution in [2.75, 3.05) is 5.32 Å². The van der Waals surface area contributed by atoms with Crippen molar-refractivity contribution in [2.45, 2.75) is 0 Å². The van der Waals surface area contributed by atoms with Crippen LogP contribution in [0.3, 0.4) is 0 Å². The fourth-order valence-corrected chi connectivity index (χ4v) is 2.07. The number of thiophene rings is 1. The molecule has 2 N–H and O–H groups in total. The zero-order chi connectivity index (χ0) is 13.7. The molecule has 2 aromatic rings. The molecule has 0 aliphatic carbocycles. The summed E-state index contributed by atoms with van der Waals surface area (Å²) in [5.41, 5.74) is 0.949. The highest BCUT2D eigenvalue weighted by atomic mass is 32.1. The number of carbonyl (C=O) groups is 2. The van der Waals surface area contributed by atoms with Crippen LogP contribution in [0.5, 0.6) is 0 Å². The van der Waals surface area contributed by atoms with Crippen LogP contribution in [0, 0.1) is 0 Å². The van der Waals surface area contributed by atoms with E-state index in [0.717, 1.165) is 5.69 Å². The lowest BCUT2D eigenvalue weighted by Crippen LogP contribution is -1.97. The van der Waals surface area contributed by atoms with Crippen LogP contribution in [0.15, 0.2) is 54.1 Å². The Bertz CT molecular complexity index is 600. The Morgan fingerprint density at radius 3 is 2.47 bits per heavy atom. The molecule has 1 aromatic carbocycles. The third kappa shape index (κ3) is 3.53. The van der Waals surface area contributed by atoms with Crippen LogP contribution in [0.2, 0.25) is 0 Å². The molecule has 1 heterocycles. The third-order valence-electron chi connectivity index (χ3n) is 2.38. The van der Waals surface area contributed by atoms with Gasteiger partial charge in [0.15, 0.2) is 5.78 Å². The van der Waals surface area contributed by atoms with Gasteiger partial charge < -0.3 is 10.4 Å². The third-order valence-corrected chi connectivity index (χ3v) is 3.27. The van der Waals surface area contributed by atoms with Crippen molar-refractivity contribution < 1.29 is 14.7 Å². The fraction of sp³-hybridized carbons (Fsp3) is 0. The summed E-state index contributed by atoms with van der Waals surface area (Å²) < 4.78 is 0. The highest BCUT2D eigenvalue weighted by molar-refractivity contribution is 7.12. The Kier molecular flexibility index (Phi) is 4.10. The minimum Gasteiger partial charge on any atom is -0.478 e. The zero-order valence-electron chi connectivity index (χ0n) is 9.87. The summed E-state index contributed by atoms with van der Waals surface area (Å²) in [6.07, 6.45) is 2.98. The number of nitrogens with one attached hydrogen (secondary N) is 1. The van der Waals surface area contributed by atoms with Crippen LogP contribution < -0.4 is 5.32 Å². The molecule has 0 aliphatic heterocycles. The predicted molar refractivity (Wildman–Crippen MR) is 74.8 cm³/mol. The molecule has 0 unspecified atom stereocenters. The number of carboxylic acids is 1. The number of aromatic carboxylic acids is 1. The van der Waals surface area contributed by atoms with Crippen LogP contribution in [0.1, 0.15) is 20.0 Å². The molecule has 0 atom stereocenters. The lowest BCUT2D eigenvalue weighted by atomic mass is 10.2. The Morgan fingerprint density at radius 2 is 1.89 bits per heavy atom. The number of benzene rings is 1. The summed E-state index contributed by atoms with van der Waals surface area (Å²) >= 11 is 1.39. The molecule has 0 spiro atoms. The van der Waals surface area contributed by atoms with Crippen molar-refractivity contribution in [2.24, 2.45) is 0 Å². The van der Waals surface area contributed by atoms with Crippen LogP contribution in [0.4, 0.5) is 5.69 Å². The maximum absolute atomic E-state index is 11.6. The maximum atomic E-state index is 11.6. The van der Waals surface area contributed by atoms with Gasteiger partial charge in [0, 0.05) is 18.0 Å². The molecule has 19 heavy (non-hydrogen) atoms. The van der Waals surface area contributed by atoms with Crippen LogP contribution in [-0.4, -0.2) is 16.9 Å². The van der Waals surface area contributed by atoms with Gasteiger partial charge in [-0.05, 0) is 35.7 Å². The highest BCUT2D eigenvalue weighted by Crippen LogP contribution is 2.11. The van der Waals surface area contributed by atoms with Crippen molar-refractivity contribution in [1.82, 2.24) is 0 Å². The highest BCUT2D eigenvalue weighted by Gasteiger charge is 2.02. The van der Waals surface area contributed by atoms with Crippen molar-refractivity contribution in [3.63, 3.8) is 0 Å². The quantitative estimate of drug-likeness (QED) is 0.648. The van der Waals surface area contributed by atoms with E-state index in [1.54, 1.807) is 18.2 Å². The van der Waals surface area contributed by atoms with Crippen LogP contribution >= 0.6 is 11.3 Å². The molecule has 5 heteroatoms. The monoisotopic (exact) mass is 273 g/mol. The number of allylic oxidation sites excluding steroid dienone is 1.